The second kappa shape index (κ2) is 13.3. The zero-order valence-corrected chi connectivity index (χ0v) is 23.5. The van der Waals surface area contributed by atoms with E-state index in [0.717, 1.165) is 5.56 Å². The van der Waals surface area contributed by atoms with Crippen LogP contribution >= 0.6 is 11.8 Å². The lowest BCUT2D eigenvalue weighted by atomic mass is 10.1. The van der Waals surface area contributed by atoms with E-state index in [1.807, 2.05) is 19.1 Å². The van der Waals surface area contributed by atoms with E-state index >= 15 is 0 Å². The van der Waals surface area contributed by atoms with E-state index in [4.69, 9.17) is 18.9 Å². The molecule has 40 heavy (non-hydrogen) atoms. The van der Waals surface area contributed by atoms with E-state index < -0.39 is 6.10 Å². The van der Waals surface area contributed by atoms with Gasteiger partial charge in [-0.2, -0.15) is 0 Å². The number of allylic oxidation sites excluding steroid dienone is 1. The van der Waals surface area contributed by atoms with Crippen molar-refractivity contribution in [3.63, 3.8) is 0 Å². The summed E-state index contributed by atoms with van der Waals surface area (Å²) in [6.45, 7) is 4.07. The van der Waals surface area contributed by atoms with Gasteiger partial charge >= 0.3 is 0 Å². The molecule has 0 amide bonds. The van der Waals surface area contributed by atoms with Crippen LogP contribution in [0, 0.1) is 0 Å². The zero-order valence-electron chi connectivity index (χ0n) is 22.7. The Morgan fingerprint density at radius 1 is 1.12 bits per heavy atom. The van der Waals surface area contributed by atoms with Crippen LogP contribution in [0.1, 0.15) is 35.5 Å². The van der Waals surface area contributed by atoms with E-state index in [1.165, 1.54) is 29.6 Å². The van der Waals surface area contributed by atoms with Crippen molar-refractivity contribution < 1.29 is 33.6 Å². The molecule has 210 valence electrons. The number of nitrogens with zero attached hydrogens (tertiary/aromatic N) is 3. The van der Waals surface area contributed by atoms with Crippen molar-refractivity contribution in [2.75, 3.05) is 20.8 Å². The Hall–Kier alpha value is -4.09. The number of rotatable bonds is 13. The van der Waals surface area contributed by atoms with Gasteiger partial charge in [0.2, 0.25) is 5.12 Å². The second-order valence-electron chi connectivity index (χ2n) is 9.06. The molecule has 1 N–H and O–H groups in total. The molecule has 11 heteroatoms. The lowest BCUT2D eigenvalue weighted by Crippen LogP contribution is -2.23. The summed E-state index contributed by atoms with van der Waals surface area (Å²) >= 11 is 1.22. The predicted octanol–water partition coefficient (Wildman–Crippen LogP) is 4.08. The fraction of sp³-hybridized carbons (Fsp3) is 0.310. The highest BCUT2D eigenvalue weighted by Gasteiger charge is 2.29. The average molecular weight is 566 g/mol. The van der Waals surface area contributed by atoms with Gasteiger partial charge in [0.25, 0.3) is 0 Å². The van der Waals surface area contributed by atoms with E-state index in [9.17, 15) is 14.7 Å². The standard InChI is InChI=1S/C29H31N3O7S/c1-18-28(19(2)40-29(18)35)39-17-22(33)15-32-14-21(30-31-32)16-38-23-8-5-20(6-9-23)7-12-26(34)25-11-10-24(36-3)13-27(25)37-4/h5-14,19,22,33H,15-17H2,1-4H3/b12-7+. The third-order valence-corrected chi connectivity index (χ3v) is 7.20. The van der Waals surface area contributed by atoms with Crippen LogP contribution < -0.4 is 14.2 Å². The Morgan fingerprint density at radius 3 is 2.55 bits per heavy atom. The Bertz CT molecular complexity index is 1420. The highest BCUT2D eigenvalue weighted by Crippen LogP contribution is 2.34. The minimum atomic E-state index is -0.818. The molecule has 0 saturated heterocycles. The van der Waals surface area contributed by atoms with Gasteiger partial charge in [0.15, 0.2) is 5.78 Å². The van der Waals surface area contributed by atoms with Crippen molar-refractivity contribution in [3.8, 4) is 17.2 Å². The Morgan fingerprint density at radius 2 is 1.88 bits per heavy atom. The van der Waals surface area contributed by atoms with Crippen LogP contribution in [0.5, 0.6) is 17.2 Å². The maximum absolute atomic E-state index is 12.6. The van der Waals surface area contributed by atoms with Gasteiger partial charge in [-0.15, -0.1) is 5.10 Å². The minimum absolute atomic E-state index is 0.00452. The second-order valence-corrected chi connectivity index (χ2v) is 10.4. The first-order valence-electron chi connectivity index (χ1n) is 12.6. The molecule has 0 aliphatic carbocycles. The number of aliphatic hydroxyl groups is 1. The van der Waals surface area contributed by atoms with Crippen molar-refractivity contribution in [2.45, 2.75) is 38.4 Å². The van der Waals surface area contributed by atoms with E-state index in [1.54, 1.807) is 56.6 Å². The van der Waals surface area contributed by atoms with E-state index in [-0.39, 0.29) is 35.9 Å². The van der Waals surface area contributed by atoms with Gasteiger partial charge in [-0.05, 0) is 49.8 Å². The first-order chi connectivity index (χ1) is 19.3. The van der Waals surface area contributed by atoms with E-state index in [2.05, 4.69) is 10.3 Å². The topological polar surface area (TPSA) is 122 Å². The van der Waals surface area contributed by atoms with Gasteiger partial charge < -0.3 is 24.1 Å². The summed E-state index contributed by atoms with van der Waals surface area (Å²) < 4.78 is 23.5. The Labute approximate surface area is 236 Å². The number of hydrogen-bond donors (Lipinski definition) is 1. The number of aliphatic hydroxyl groups excluding tert-OH is 1. The van der Waals surface area contributed by atoms with Crippen LogP contribution in [0.15, 0.2) is 66.1 Å². The summed E-state index contributed by atoms with van der Waals surface area (Å²) in [6, 6.07) is 12.3. The smallest absolute Gasteiger partial charge is 0.219 e. The Balaban J connectivity index is 1.25. The lowest BCUT2D eigenvalue weighted by molar-refractivity contribution is -0.107. The molecule has 2 atom stereocenters. The summed E-state index contributed by atoms with van der Waals surface area (Å²) in [6.07, 6.45) is 4.09. The molecular weight excluding hydrogens is 534 g/mol. The van der Waals surface area contributed by atoms with Crippen LogP contribution in [0.2, 0.25) is 0 Å². The van der Waals surface area contributed by atoms with Crippen molar-refractivity contribution in [2.24, 2.45) is 0 Å². The average Bonchev–Trinajstić information content (AvgIpc) is 3.51. The molecule has 1 aromatic heterocycles. The van der Waals surface area contributed by atoms with Crippen LogP contribution in [0.3, 0.4) is 0 Å². The predicted molar refractivity (Wildman–Crippen MR) is 150 cm³/mol. The van der Waals surface area contributed by atoms with Gasteiger partial charge in [0, 0.05) is 11.6 Å². The third-order valence-electron chi connectivity index (χ3n) is 6.11. The highest BCUT2D eigenvalue weighted by atomic mass is 32.2. The van der Waals surface area contributed by atoms with Crippen molar-refractivity contribution >= 4 is 28.7 Å². The number of methoxy groups -OCH3 is 2. The largest absolute Gasteiger partial charge is 0.497 e. The van der Waals surface area contributed by atoms with Gasteiger partial charge in [0.1, 0.15) is 48.0 Å². The monoisotopic (exact) mass is 565 g/mol. The van der Waals surface area contributed by atoms with Crippen LogP contribution in [-0.2, 0) is 22.7 Å². The van der Waals surface area contributed by atoms with Crippen LogP contribution in [0.25, 0.3) is 6.08 Å². The quantitative estimate of drug-likeness (QED) is 0.240. The summed E-state index contributed by atoms with van der Waals surface area (Å²) in [5, 5.41) is 18.4. The van der Waals surface area contributed by atoms with Crippen LogP contribution in [-0.4, -0.2) is 63.2 Å². The fourth-order valence-corrected chi connectivity index (χ4v) is 4.93. The molecule has 0 spiro atoms. The summed E-state index contributed by atoms with van der Waals surface area (Å²) in [7, 11) is 3.06. The molecule has 10 nitrogen and oxygen atoms in total. The number of hydrogen-bond acceptors (Lipinski definition) is 10. The van der Waals surface area contributed by atoms with Gasteiger partial charge in [-0.1, -0.05) is 35.2 Å². The normalized spacial score (nSPS) is 15.9. The molecule has 2 unspecified atom stereocenters. The minimum Gasteiger partial charge on any atom is -0.497 e. The molecule has 1 aliphatic heterocycles. The number of aromatic nitrogens is 3. The molecule has 1 aliphatic rings. The first-order valence-corrected chi connectivity index (χ1v) is 13.4. The third kappa shape index (κ3) is 7.30. The molecular formula is C29H31N3O7S. The van der Waals surface area contributed by atoms with Gasteiger partial charge in [-0.25, -0.2) is 4.68 Å². The summed E-state index contributed by atoms with van der Waals surface area (Å²) in [5.74, 6) is 2.12. The maximum atomic E-state index is 12.6. The number of carbonyl (C=O) groups excluding carboxylic acids is 2. The molecule has 0 fully saturated rings. The van der Waals surface area contributed by atoms with Crippen LogP contribution in [0.4, 0.5) is 0 Å². The number of benzene rings is 2. The van der Waals surface area contributed by atoms with Crippen molar-refractivity contribution in [1.82, 2.24) is 15.0 Å². The molecule has 4 rings (SSSR count). The Kier molecular flexibility index (Phi) is 9.62. The SMILES string of the molecule is COc1ccc(C(=O)/C=C/c2ccc(OCc3cn(CC(O)COC4=C(C)C(=O)SC4C)nn3)cc2)c(OC)c1. The number of carbonyl (C=O) groups is 2. The number of thioether (sulfide) groups is 1. The lowest BCUT2D eigenvalue weighted by Gasteiger charge is -2.15. The number of ketones is 1. The molecule has 0 radical (unpaired) electrons. The highest BCUT2D eigenvalue weighted by molar-refractivity contribution is 8.15. The van der Waals surface area contributed by atoms with E-state index in [0.29, 0.717) is 39.8 Å². The fourth-order valence-electron chi connectivity index (χ4n) is 3.98. The first kappa shape index (κ1) is 28.9. The van der Waals surface area contributed by atoms with Gasteiger partial charge in [0.05, 0.1) is 37.8 Å². The number of ether oxygens (including phenoxy) is 4. The molecule has 0 saturated carbocycles. The van der Waals surface area contributed by atoms with Crippen molar-refractivity contribution in [3.05, 3.63) is 82.9 Å². The van der Waals surface area contributed by atoms with Crippen molar-refractivity contribution in [1.29, 1.82) is 0 Å². The molecule has 2 aromatic carbocycles. The molecule has 3 aromatic rings. The maximum Gasteiger partial charge on any atom is 0.219 e. The zero-order chi connectivity index (χ0) is 28.6. The molecule has 0 bridgehead atoms. The molecule has 2 heterocycles. The summed E-state index contributed by atoms with van der Waals surface area (Å²) in [5.41, 5.74) is 2.47. The van der Waals surface area contributed by atoms with Gasteiger partial charge in [-0.3, -0.25) is 9.59 Å². The summed E-state index contributed by atoms with van der Waals surface area (Å²) in [4.78, 5) is 24.4.